The fourth-order valence-electron chi connectivity index (χ4n) is 2.79. The fraction of sp³-hybridized carbons (Fsp3) is 0.190. The van der Waals surface area contributed by atoms with Gasteiger partial charge >= 0.3 is 0 Å². The fourth-order valence-corrected chi connectivity index (χ4v) is 2.79. The first-order valence-corrected chi connectivity index (χ1v) is 8.39. The summed E-state index contributed by atoms with van der Waals surface area (Å²) in [5, 5.41) is 2.84. The summed E-state index contributed by atoms with van der Waals surface area (Å²) in [5.41, 5.74) is 4.15. The second-order valence-corrected chi connectivity index (χ2v) is 6.01. The van der Waals surface area contributed by atoms with Crippen molar-refractivity contribution in [1.82, 2.24) is 4.57 Å². The van der Waals surface area contributed by atoms with Gasteiger partial charge in [-0.2, -0.15) is 0 Å². The van der Waals surface area contributed by atoms with Gasteiger partial charge in [-0.3, -0.25) is 4.79 Å². The van der Waals surface area contributed by atoms with Gasteiger partial charge in [0.05, 0.1) is 7.11 Å². The van der Waals surface area contributed by atoms with Crippen molar-refractivity contribution >= 4 is 11.6 Å². The van der Waals surface area contributed by atoms with E-state index in [2.05, 4.69) is 35.9 Å². The van der Waals surface area contributed by atoms with Gasteiger partial charge in [0.2, 0.25) is 0 Å². The Morgan fingerprint density at radius 2 is 1.46 bits per heavy atom. The van der Waals surface area contributed by atoms with Crippen LogP contribution in [0.15, 0.2) is 60.7 Å². The largest absolute Gasteiger partial charge is 0.497 e. The third-order valence-electron chi connectivity index (χ3n) is 4.11. The van der Waals surface area contributed by atoms with E-state index >= 15 is 0 Å². The molecule has 2 aromatic carbocycles. The number of amides is 1. The molecule has 1 amide bonds. The zero-order valence-corrected chi connectivity index (χ0v) is 15.2. The molecule has 134 valence electrons. The van der Waals surface area contributed by atoms with Gasteiger partial charge in [-0.25, -0.2) is 0 Å². The van der Waals surface area contributed by atoms with E-state index in [1.165, 1.54) is 11.4 Å². The standard InChI is InChI=1S/C21H22N2O3/c1-15-4-5-16(2)23(15)18-8-6-17(7-9-18)22-21(24)14-26-20-12-10-19(25-3)11-13-20/h4-13H,14H2,1-3H3,(H,22,24). The topological polar surface area (TPSA) is 52.5 Å². The van der Waals surface area contributed by atoms with Gasteiger partial charge in [-0.15, -0.1) is 0 Å². The Bertz CT molecular complexity index is 861. The van der Waals surface area contributed by atoms with Crippen molar-refractivity contribution in [3.05, 3.63) is 72.1 Å². The molecule has 3 rings (SSSR count). The van der Waals surface area contributed by atoms with Crippen molar-refractivity contribution in [1.29, 1.82) is 0 Å². The lowest BCUT2D eigenvalue weighted by atomic mass is 10.2. The van der Waals surface area contributed by atoms with E-state index in [0.29, 0.717) is 5.75 Å². The molecule has 0 bridgehead atoms. The minimum absolute atomic E-state index is 0.0517. The molecule has 1 aromatic heterocycles. The Morgan fingerprint density at radius 3 is 2.04 bits per heavy atom. The van der Waals surface area contributed by atoms with E-state index in [9.17, 15) is 4.79 Å². The lowest BCUT2D eigenvalue weighted by molar-refractivity contribution is -0.118. The number of nitrogens with zero attached hydrogens (tertiary/aromatic N) is 1. The summed E-state index contributed by atoms with van der Waals surface area (Å²) in [6.45, 7) is 4.09. The highest BCUT2D eigenvalue weighted by molar-refractivity contribution is 5.91. The molecule has 5 heteroatoms. The van der Waals surface area contributed by atoms with Crippen LogP contribution in [0, 0.1) is 13.8 Å². The Labute approximate surface area is 153 Å². The maximum Gasteiger partial charge on any atom is 0.262 e. The van der Waals surface area contributed by atoms with Crippen molar-refractivity contribution in [2.45, 2.75) is 13.8 Å². The number of benzene rings is 2. The maximum absolute atomic E-state index is 12.1. The number of hydrogen-bond donors (Lipinski definition) is 1. The van der Waals surface area contributed by atoms with Gasteiger partial charge in [-0.05, 0) is 74.5 Å². The maximum atomic E-state index is 12.1. The number of nitrogens with one attached hydrogen (secondary N) is 1. The van der Waals surface area contributed by atoms with Crippen LogP contribution in [-0.2, 0) is 4.79 Å². The third-order valence-corrected chi connectivity index (χ3v) is 4.11. The molecular formula is C21H22N2O3. The molecule has 1 N–H and O–H groups in total. The van der Waals surface area contributed by atoms with Gasteiger partial charge in [-0.1, -0.05) is 0 Å². The molecule has 3 aromatic rings. The van der Waals surface area contributed by atoms with E-state index in [1.807, 2.05) is 24.3 Å². The monoisotopic (exact) mass is 350 g/mol. The first kappa shape index (κ1) is 17.6. The molecule has 26 heavy (non-hydrogen) atoms. The van der Waals surface area contributed by atoms with Crippen LogP contribution in [0.1, 0.15) is 11.4 Å². The number of carbonyl (C=O) groups excluding carboxylic acids is 1. The number of aromatic nitrogens is 1. The average Bonchev–Trinajstić information content (AvgIpc) is 2.99. The third kappa shape index (κ3) is 4.06. The summed E-state index contributed by atoms with van der Waals surface area (Å²) in [5.74, 6) is 1.16. The lowest BCUT2D eigenvalue weighted by Gasteiger charge is -2.11. The molecule has 0 aliphatic rings. The van der Waals surface area contributed by atoms with Gasteiger partial charge in [0.1, 0.15) is 11.5 Å². The molecule has 0 atom stereocenters. The quantitative estimate of drug-likeness (QED) is 0.727. The molecule has 5 nitrogen and oxygen atoms in total. The van der Waals surface area contributed by atoms with E-state index in [0.717, 1.165) is 17.1 Å². The normalized spacial score (nSPS) is 10.4. The molecule has 0 fully saturated rings. The first-order valence-electron chi connectivity index (χ1n) is 8.39. The highest BCUT2D eigenvalue weighted by atomic mass is 16.5. The van der Waals surface area contributed by atoms with Crippen LogP contribution in [0.25, 0.3) is 5.69 Å². The van der Waals surface area contributed by atoms with Crippen LogP contribution in [0.5, 0.6) is 11.5 Å². The minimum Gasteiger partial charge on any atom is -0.497 e. The molecule has 0 saturated carbocycles. The number of aryl methyl sites for hydroxylation is 2. The van der Waals surface area contributed by atoms with Gasteiger partial charge < -0.3 is 19.4 Å². The molecule has 0 spiro atoms. The number of ether oxygens (including phenoxy) is 2. The zero-order chi connectivity index (χ0) is 18.5. The summed E-state index contributed by atoms with van der Waals surface area (Å²) >= 11 is 0. The number of anilines is 1. The van der Waals surface area contributed by atoms with Gasteiger partial charge in [0.15, 0.2) is 6.61 Å². The average molecular weight is 350 g/mol. The molecule has 1 heterocycles. The minimum atomic E-state index is -0.207. The summed E-state index contributed by atoms with van der Waals surface area (Å²) < 4.78 is 12.7. The second kappa shape index (κ2) is 7.78. The van der Waals surface area contributed by atoms with Crippen molar-refractivity contribution in [3.8, 4) is 17.2 Å². The zero-order valence-electron chi connectivity index (χ0n) is 15.2. The van der Waals surface area contributed by atoms with Crippen LogP contribution in [-0.4, -0.2) is 24.2 Å². The highest BCUT2D eigenvalue weighted by Crippen LogP contribution is 2.19. The van der Waals surface area contributed by atoms with E-state index in [4.69, 9.17) is 9.47 Å². The van der Waals surface area contributed by atoms with Gasteiger partial charge in [0.25, 0.3) is 5.91 Å². The van der Waals surface area contributed by atoms with Crippen molar-refractivity contribution in [2.24, 2.45) is 0 Å². The number of rotatable bonds is 6. The van der Waals surface area contributed by atoms with Crippen LogP contribution < -0.4 is 14.8 Å². The van der Waals surface area contributed by atoms with E-state index in [-0.39, 0.29) is 12.5 Å². The van der Waals surface area contributed by atoms with Crippen LogP contribution in [0.2, 0.25) is 0 Å². The smallest absolute Gasteiger partial charge is 0.262 e. The van der Waals surface area contributed by atoms with Crippen molar-refractivity contribution in [3.63, 3.8) is 0 Å². The molecule has 0 radical (unpaired) electrons. The summed E-state index contributed by atoms with van der Waals surface area (Å²) in [6.07, 6.45) is 0. The van der Waals surface area contributed by atoms with Crippen LogP contribution in [0.4, 0.5) is 5.69 Å². The Kier molecular flexibility index (Phi) is 5.27. The summed E-state index contributed by atoms with van der Waals surface area (Å²) in [7, 11) is 1.60. The van der Waals surface area contributed by atoms with Crippen molar-refractivity contribution in [2.75, 3.05) is 19.0 Å². The molecular weight excluding hydrogens is 328 g/mol. The summed E-state index contributed by atoms with van der Waals surface area (Å²) in [4.78, 5) is 12.1. The molecule has 0 saturated heterocycles. The van der Waals surface area contributed by atoms with Crippen molar-refractivity contribution < 1.29 is 14.3 Å². The number of carbonyl (C=O) groups is 1. The number of hydrogen-bond acceptors (Lipinski definition) is 3. The van der Waals surface area contributed by atoms with Crippen LogP contribution >= 0.6 is 0 Å². The molecule has 0 aliphatic heterocycles. The predicted molar refractivity (Wildman–Crippen MR) is 102 cm³/mol. The Balaban J connectivity index is 1.57. The molecule has 0 unspecified atom stereocenters. The Morgan fingerprint density at radius 1 is 0.885 bits per heavy atom. The predicted octanol–water partition coefficient (Wildman–Crippen LogP) is 4.12. The molecule has 0 aliphatic carbocycles. The van der Waals surface area contributed by atoms with Crippen LogP contribution in [0.3, 0.4) is 0 Å². The second-order valence-electron chi connectivity index (χ2n) is 6.01. The lowest BCUT2D eigenvalue weighted by Crippen LogP contribution is -2.20. The van der Waals surface area contributed by atoms with Gasteiger partial charge in [0, 0.05) is 22.8 Å². The first-order chi connectivity index (χ1) is 12.6. The van der Waals surface area contributed by atoms with E-state index < -0.39 is 0 Å². The highest BCUT2D eigenvalue weighted by Gasteiger charge is 2.06. The summed E-state index contributed by atoms with van der Waals surface area (Å²) in [6, 6.07) is 19.0. The number of methoxy groups -OCH3 is 1. The SMILES string of the molecule is COc1ccc(OCC(=O)Nc2ccc(-n3c(C)ccc3C)cc2)cc1. The van der Waals surface area contributed by atoms with E-state index in [1.54, 1.807) is 31.4 Å². The Hall–Kier alpha value is -3.21.